The number of carbonyl (C=O) groups is 2. The summed E-state index contributed by atoms with van der Waals surface area (Å²) in [6.07, 6.45) is 0. The molecule has 0 aliphatic carbocycles. The molecule has 0 radical (unpaired) electrons. The van der Waals surface area contributed by atoms with E-state index in [0.717, 1.165) is 0 Å². The molecule has 5 nitrogen and oxygen atoms in total. The standard InChI is InChI=1S/C13H11Cl2NO4/c1-6(17)19-10-11(18)13(2,20-12(10)16)8-4-3-7(14)5-9(8)15/h3-5H,16H2,1-2H3. The molecular formula is C13H11Cl2NO4. The number of esters is 1. The summed E-state index contributed by atoms with van der Waals surface area (Å²) >= 11 is 11.9. The molecule has 1 unspecified atom stereocenters. The first-order valence-electron chi connectivity index (χ1n) is 5.63. The Morgan fingerprint density at radius 1 is 1.40 bits per heavy atom. The summed E-state index contributed by atoms with van der Waals surface area (Å²) in [6.45, 7) is 2.66. The summed E-state index contributed by atoms with van der Waals surface area (Å²) in [5.41, 5.74) is 4.54. The van der Waals surface area contributed by atoms with Crippen LogP contribution in [0.5, 0.6) is 0 Å². The fourth-order valence-electron chi connectivity index (χ4n) is 1.94. The van der Waals surface area contributed by atoms with Crippen LogP contribution < -0.4 is 5.73 Å². The second kappa shape index (κ2) is 5.00. The Hall–Kier alpha value is -1.72. The van der Waals surface area contributed by atoms with E-state index in [0.29, 0.717) is 10.6 Å². The van der Waals surface area contributed by atoms with Crippen LogP contribution >= 0.6 is 23.2 Å². The minimum atomic E-state index is -1.45. The highest BCUT2D eigenvalue weighted by atomic mass is 35.5. The van der Waals surface area contributed by atoms with Crippen LogP contribution in [0.3, 0.4) is 0 Å². The van der Waals surface area contributed by atoms with Crippen molar-refractivity contribution in [3.8, 4) is 0 Å². The summed E-state index contributed by atoms with van der Waals surface area (Å²) in [4.78, 5) is 23.4. The molecule has 1 aromatic rings. The van der Waals surface area contributed by atoms with Crippen LogP contribution in [0.25, 0.3) is 0 Å². The lowest BCUT2D eigenvalue weighted by atomic mass is 9.91. The average Bonchev–Trinajstić information content (AvgIpc) is 2.53. The van der Waals surface area contributed by atoms with E-state index in [4.69, 9.17) is 38.4 Å². The van der Waals surface area contributed by atoms with Gasteiger partial charge in [-0.3, -0.25) is 9.59 Å². The maximum absolute atomic E-state index is 12.4. The molecule has 0 saturated heterocycles. The first kappa shape index (κ1) is 14.7. The lowest BCUT2D eigenvalue weighted by Gasteiger charge is -2.24. The van der Waals surface area contributed by atoms with Gasteiger partial charge in [-0.25, -0.2) is 0 Å². The third-order valence-electron chi connectivity index (χ3n) is 2.87. The van der Waals surface area contributed by atoms with E-state index in [1.807, 2.05) is 0 Å². The van der Waals surface area contributed by atoms with E-state index < -0.39 is 17.4 Å². The molecule has 1 heterocycles. The minimum Gasteiger partial charge on any atom is -0.457 e. The fourth-order valence-corrected chi connectivity index (χ4v) is 2.52. The number of halogens is 2. The van der Waals surface area contributed by atoms with Crippen LogP contribution in [0, 0.1) is 0 Å². The van der Waals surface area contributed by atoms with E-state index in [-0.39, 0.29) is 16.7 Å². The normalized spacial score (nSPS) is 21.9. The molecule has 20 heavy (non-hydrogen) atoms. The predicted molar refractivity (Wildman–Crippen MR) is 72.9 cm³/mol. The molecule has 0 saturated carbocycles. The topological polar surface area (TPSA) is 78.6 Å². The van der Waals surface area contributed by atoms with Gasteiger partial charge in [0.25, 0.3) is 5.78 Å². The zero-order chi connectivity index (χ0) is 15.1. The highest BCUT2D eigenvalue weighted by molar-refractivity contribution is 6.35. The number of carbonyl (C=O) groups excluding carboxylic acids is 2. The third-order valence-corrected chi connectivity index (χ3v) is 3.42. The summed E-state index contributed by atoms with van der Waals surface area (Å²) in [5, 5.41) is 0.680. The second-order valence-electron chi connectivity index (χ2n) is 4.38. The Balaban J connectivity index is 2.44. The maximum Gasteiger partial charge on any atom is 0.308 e. The monoisotopic (exact) mass is 315 g/mol. The lowest BCUT2D eigenvalue weighted by Crippen LogP contribution is -2.32. The van der Waals surface area contributed by atoms with Gasteiger partial charge in [-0.1, -0.05) is 29.3 Å². The number of hydrogen-bond donors (Lipinski definition) is 1. The fraction of sp³-hybridized carbons (Fsp3) is 0.231. The zero-order valence-electron chi connectivity index (χ0n) is 10.7. The summed E-state index contributed by atoms with van der Waals surface area (Å²) < 4.78 is 10.2. The van der Waals surface area contributed by atoms with Gasteiger partial charge in [-0.05, 0) is 19.1 Å². The van der Waals surface area contributed by atoms with Gasteiger partial charge < -0.3 is 15.2 Å². The third kappa shape index (κ3) is 2.34. The number of rotatable bonds is 2. The van der Waals surface area contributed by atoms with Crippen molar-refractivity contribution in [1.29, 1.82) is 0 Å². The molecule has 106 valence electrons. The molecule has 7 heteroatoms. The van der Waals surface area contributed by atoms with Crippen molar-refractivity contribution in [1.82, 2.24) is 0 Å². The number of benzene rings is 1. The number of nitrogens with two attached hydrogens (primary N) is 1. The maximum atomic E-state index is 12.4. The van der Waals surface area contributed by atoms with Gasteiger partial charge in [-0.2, -0.15) is 0 Å². The van der Waals surface area contributed by atoms with Crippen LogP contribution in [-0.4, -0.2) is 11.8 Å². The quantitative estimate of drug-likeness (QED) is 0.848. The molecule has 1 aliphatic rings. The first-order chi connectivity index (χ1) is 9.25. The van der Waals surface area contributed by atoms with Gasteiger partial charge >= 0.3 is 5.97 Å². The molecule has 2 rings (SSSR count). The molecule has 1 atom stereocenters. The summed E-state index contributed by atoms with van der Waals surface area (Å²) in [5.74, 6) is -1.80. The second-order valence-corrected chi connectivity index (χ2v) is 5.22. The van der Waals surface area contributed by atoms with Gasteiger partial charge in [0, 0.05) is 22.5 Å². The summed E-state index contributed by atoms with van der Waals surface area (Å²) in [7, 11) is 0. The van der Waals surface area contributed by atoms with E-state index >= 15 is 0 Å². The van der Waals surface area contributed by atoms with E-state index in [1.165, 1.54) is 19.9 Å². The first-order valence-corrected chi connectivity index (χ1v) is 6.39. The van der Waals surface area contributed by atoms with Crippen molar-refractivity contribution in [3.63, 3.8) is 0 Å². The largest absolute Gasteiger partial charge is 0.457 e. The Morgan fingerprint density at radius 2 is 2.05 bits per heavy atom. The number of ether oxygens (including phenoxy) is 2. The highest BCUT2D eigenvalue weighted by Gasteiger charge is 2.49. The van der Waals surface area contributed by atoms with E-state index in [9.17, 15) is 9.59 Å². The molecule has 2 N–H and O–H groups in total. The van der Waals surface area contributed by atoms with Gasteiger partial charge in [-0.15, -0.1) is 0 Å². The Labute approximate surface area is 125 Å². The number of hydrogen-bond acceptors (Lipinski definition) is 5. The smallest absolute Gasteiger partial charge is 0.308 e. The van der Waals surface area contributed by atoms with Crippen molar-refractivity contribution < 1.29 is 19.1 Å². The molecule has 0 aromatic heterocycles. The van der Waals surface area contributed by atoms with Crippen LogP contribution in [0.1, 0.15) is 19.4 Å². The van der Waals surface area contributed by atoms with Crippen LogP contribution in [-0.2, 0) is 24.7 Å². The van der Waals surface area contributed by atoms with Crippen molar-refractivity contribution in [2.45, 2.75) is 19.4 Å². The van der Waals surface area contributed by atoms with Gasteiger partial charge in [0.1, 0.15) is 0 Å². The molecule has 0 amide bonds. The van der Waals surface area contributed by atoms with Gasteiger partial charge in [0.15, 0.2) is 0 Å². The van der Waals surface area contributed by atoms with E-state index in [1.54, 1.807) is 12.1 Å². The lowest BCUT2D eigenvalue weighted by molar-refractivity contribution is -0.142. The zero-order valence-corrected chi connectivity index (χ0v) is 12.2. The predicted octanol–water partition coefficient (Wildman–Crippen LogP) is 2.50. The number of ketones is 1. The summed E-state index contributed by atoms with van der Waals surface area (Å²) in [6, 6.07) is 4.62. The van der Waals surface area contributed by atoms with Crippen molar-refractivity contribution in [2.24, 2.45) is 5.73 Å². The van der Waals surface area contributed by atoms with Crippen LogP contribution in [0.2, 0.25) is 10.0 Å². The highest BCUT2D eigenvalue weighted by Crippen LogP contribution is 2.41. The molecule has 0 fully saturated rings. The van der Waals surface area contributed by atoms with Crippen molar-refractivity contribution >= 4 is 35.0 Å². The van der Waals surface area contributed by atoms with Crippen LogP contribution in [0.4, 0.5) is 0 Å². The Kier molecular flexibility index (Phi) is 3.67. The number of Topliss-reactive ketones (excluding diaryl/α,β-unsaturated/α-hetero) is 1. The molecule has 1 aromatic carbocycles. The van der Waals surface area contributed by atoms with Crippen LogP contribution in [0.15, 0.2) is 29.8 Å². The Bertz CT molecular complexity index is 641. The molecule has 1 aliphatic heterocycles. The average molecular weight is 316 g/mol. The Morgan fingerprint density at radius 3 is 2.60 bits per heavy atom. The molecule has 0 spiro atoms. The minimum absolute atomic E-state index is 0.251. The molecule has 0 bridgehead atoms. The van der Waals surface area contributed by atoms with Gasteiger partial charge in [0.05, 0.1) is 0 Å². The van der Waals surface area contributed by atoms with E-state index in [2.05, 4.69) is 0 Å². The van der Waals surface area contributed by atoms with Gasteiger partial charge in [0.2, 0.25) is 17.2 Å². The van der Waals surface area contributed by atoms with Crippen molar-refractivity contribution in [2.75, 3.05) is 0 Å². The SMILES string of the molecule is CC(=O)OC1=C(N)OC(C)(c2ccc(Cl)cc2Cl)C1=O. The molecular weight excluding hydrogens is 305 g/mol. The van der Waals surface area contributed by atoms with Crippen molar-refractivity contribution in [3.05, 3.63) is 45.5 Å².